The molecule has 2 amide bonds. The molecule has 3 aromatic rings. The molecule has 4 rings (SSSR count). The summed E-state index contributed by atoms with van der Waals surface area (Å²) >= 11 is 0. The van der Waals surface area contributed by atoms with Crippen LogP contribution in [0.4, 0.5) is 11.4 Å². The van der Waals surface area contributed by atoms with E-state index in [0.717, 1.165) is 27.9 Å². The summed E-state index contributed by atoms with van der Waals surface area (Å²) in [5.41, 5.74) is 6.12. The smallest absolute Gasteiger partial charge is 0.282 e. The zero-order chi connectivity index (χ0) is 22.1. The normalized spacial score (nSPS) is 14.0. The molecule has 1 N–H and O–H groups in total. The highest BCUT2D eigenvalue weighted by atomic mass is 16.2. The first-order chi connectivity index (χ1) is 14.9. The van der Waals surface area contributed by atoms with E-state index in [2.05, 4.69) is 19.2 Å². The second-order valence-corrected chi connectivity index (χ2v) is 8.18. The Balaban J connectivity index is 1.80. The summed E-state index contributed by atoms with van der Waals surface area (Å²) in [6, 6.07) is 22.9. The van der Waals surface area contributed by atoms with Crippen molar-refractivity contribution in [2.45, 2.75) is 33.6 Å². The van der Waals surface area contributed by atoms with E-state index in [0.29, 0.717) is 22.9 Å². The Morgan fingerprint density at radius 3 is 2.10 bits per heavy atom. The number of aryl methyl sites for hydroxylation is 1. The van der Waals surface area contributed by atoms with Crippen molar-refractivity contribution in [2.24, 2.45) is 0 Å². The van der Waals surface area contributed by atoms with Gasteiger partial charge in [-0.3, -0.25) is 9.59 Å². The average molecular weight is 411 g/mol. The molecule has 0 aromatic heterocycles. The van der Waals surface area contributed by atoms with Crippen LogP contribution in [0, 0.1) is 13.8 Å². The zero-order valence-corrected chi connectivity index (χ0v) is 18.3. The molecule has 0 saturated carbocycles. The van der Waals surface area contributed by atoms with E-state index in [9.17, 15) is 9.59 Å². The van der Waals surface area contributed by atoms with E-state index in [1.165, 1.54) is 4.90 Å². The van der Waals surface area contributed by atoms with Crippen LogP contribution in [0.3, 0.4) is 0 Å². The fourth-order valence-corrected chi connectivity index (χ4v) is 3.78. The van der Waals surface area contributed by atoms with E-state index in [-0.39, 0.29) is 11.8 Å². The first-order valence-corrected chi connectivity index (χ1v) is 10.5. The predicted octanol–water partition coefficient (Wildman–Crippen LogP) is 5.82. The van der Waals surface area contributed by atoms with E-state index in [1.54, 1.807) is 0 Å². The molecule has 3 aromatic carbocycles. The molecule has 1 aliphatic rings. The monoisotopic (exact) mass is 410 g/mol. The Morgan fingerprint density at radius 2 is 1.45 bits per heavy atom. The van der Waals surface area contributed by atoms with Crippen LogP contribution in [-0.2, 0) is 9.59 Å². The Kier molecular flexibility index (Phi) is 5.47. The molecular weight excluding hydrogens is 384 g/mol. The van der Waals surface area contributed by atoms with Gasteiger partial charge in [-0.2, -0.15) is 0 Å². The van der Waals surface area contributed by atoms with E-state index in [1.807, 2.05) is 86.6 Å². The molecule has 4 nitrogen and oxygen atoms in total. The van der Waals surface area contributed by atoms with Gasteiger partial charge in [-0.1, -0.05) is 68.4 Å². The van der Waals surface area contributed by atoms with Gasteiger partial charge in [-0.15, -0.1) is 0 Å². The van der Waals surface area contributed by atoms with Crippen molar-refractivity contribution in [3.63, 3.8) is 0 Å². The lowest BCUT2D eigenvalue weighted by Crippen LogP contribution is -2.32. The molecule has 0 bridgehead atoms. The third-order valence-corrected chi connectivity index (χ3v) is 5.83. The van der Waals surface area contributed by atoms with Crippen LogP contribution >= 0.6 is 0 Å². The molecule has 0 aliphatic carbocycles. The summed E-state index contributed by atoms with van der Waals surface area (Å²) < 4.78 is 0. The molecule has 0 spiro atoms. The second-order valence-electron chi connectivity index (χ2n) is 8.18. The van der Waals surface area contributed by atoms with Crippen molar-refractivity contribution in [2.75, 3.05) is 10.2 Å². The number of hydrogen-bond acceptors (Lipinski definition) is 3. The van der Waals surface area contributed by atoms with Gasteiger partial charge in [0.15, 0.2) is 0 Å². The van der Waals surface area contributed by atoms with E-state index in [4.69, 9.17) is 0 Å². The van der Waals surface area contributed by atoms with Gasteiger partial charge in [-0.05, 0) is 60.2 Å². The van der Waals surface area contributed by atoms with Gasteiger partial charge < -0.3 is 5.32 Å². The maximum atomic E-state index is 13.5. The minimum atomic E-state index is -0.345. The Bertz CT molecular complexity index is 1180. The van der Waals surface area contributed by atoms with Crippen LogP contribution in [-0.4, -0.2) is 11.8 Å². The first-order valence-electron chi connectivity index (χ1n) is 10.5. The molecule has 0 fully saturated rings. The van der Waals surface area contributed by atoms with Gasteiger partial charge in [0, 0.05) is 5.69 Å². The lowest BCUT2D eigenvalue weighted by molar-refractivity contribution is -0.120. The number of nitrogens with one attached hydrogen (secondary N) is 1. The average Bonchev–Trinajstić information content (AvgIpc) is 3.01. The number of carbonyl (C=O) groups excluding carboxylic acids is 2. The quantitative estimate of drug-likeness (QED) is 0.539. The van der Waals surface area contributed by atoms with Crippen LogP contribution in [0.2, 0.25) is 0 Å². The maximum Gasteiger partial charge on any atom is 0.282 e. The van der Waals surface area contributed by atoms with Gasteiger partial charge >= 0.3 is 0 Å². The van der Waals surface area contributed by atoms with E-state index >= 15 is 0 Å². The van der Waals surface area contributed by atoms with Gasteiger partial charge in [0.1, 0.15) is 5.70 Å². The number of imide groups is 1. The first kappa shape index (κ1) is 20.6. The summed E-state index contributed by atoms with van der Waals surface area (Å²) in [6.45, 7) is 8.26. The number of amides is 2. The maximum absolute atomic E-state index is 13.5. The fraction of sp³-hybridized carbons (Fsp3) is 0.185. The molecule has 0 radical (unpaired) electrons. The SMILES string of the molecule is Cc1cccc(NC2=C(c3ccccc3)C(=O)N(c3ccc(C(C)C)cc3)C2=O)c1C. The Morgan fingerprint density at radius 1 is 0.774 bits per heavy atom. The fourth-order valence-electron chi connectivity index (χ4n) is 3.78. The highest BCUT2D eigenvalue weighted by Crippen LogP contribution is 2.35. The molecule has 0 unspecified atom stereocenters. The third-order valence-electron chi connectivity index (χ3n) is 5.83. The molecule has 31 heavy (non-hydrogen) atoms. The number of rotatable bonds is 5. The molecule has 4 heteroatoms. The number of benzene rings is 3. The summed E-state index contributed by atoms with van der Waals surface area (Å²) in [5, 5.41) is 3.28. The number of nitrogens with zero attached hydrogens (tertiary/aromatic N) is 1. The van der Waals surface area contributed by atoms with Crippen LogP contribution in [0.5, 0.6) is 0 Å². The van der Waals surface area contributed by atoms with Crippen molar-refractivity contribution < 1.29 is 9.59 Å². The predicted molar refractivity (Wildman–Crippen MR) is 126 cm³/mol. The summed E-state index contributed by atoms with van der Waals surface area (Å²) in [7, 11) is 0. The van der Waals surface area contributed by atoms with Crippen molar-refractivity contribution in [1.29, 1.82) is 0 Å². The number of hydrogen-bond donors (Lipinski definition) is 1. The lowest BCUT2D eigenvalue weighted by atomic mass is 10.0. The molecule has 156 valence electrons. The lowest BCUT2D eigenvalue weighted by Gasteiger charge is -2.17. The molecule has 0 saturated heterocycles. The Labute approximate surface area is 183 Å². The minimum Gasteiger partial charge on any atom is -0.350 e. The largest absolute Gasteiger partial charge is 0.350 e. The van der Waals surface area contributed by atoms with Crippen molar-refractivity contribution in [3.8, 4) is 0 Å². The Hall–Kier alpha value is -3.66. The minimum absolute atomic E-state index is 0.304. The molecule has 1 heterocycles. The summed E-state index contributed by atoms with van der Waals surface area (Å²) in [5.74, 6) is -0.290. The number of anilines is 2. The van der Waals surface area contributed by atoms with Crippen molar-refractivity contribution in [3.05, 3.63) is 101 Å². The van der Waals surface area contributed by atoms with Crippen LogP contribution in [0.25, 0.3) is 5.57 Å². The molecular formula is C27H26N2O2. The zero-order valence-electron chi connectivity index (χ0n) is 18.3. The van der Waals surface area contributed by atoms with Crippen molar-refractivity contribution >= 4 is 28.8 Å². The second kappa shape index (κ2) is 8.23. The topological polar surface area (TPSA) is 49.4 Å². The summed E-state index contributed by atoms with van der Waals surface area (Å²) in [6.07, 6.45) is 0. The molecule has 0 atom stereocenters. The standard InChI is InChI=1S/C27H26N2O2/c1-17(2)20-13-15-22(16-14-20)29-26(30)24(21-10-6-5-7-11-21)25(27(29)31)28-23-12-8-9-18(3)19(23)4/h5-17,28H,1-4H3. The van der Waals surface area contributed by atoms with Gasteiger partial charge in [0.25, 0.3) is 11.8 Å². The van der Waals surface area contributed by atoms with Gasteiger partial charge in [0.05, 0.1) is 11.3 Å². The van der Waals surface area contributed by atoms with Crippen LogP contribution in [0.15, 0.2) is 78.5 Å². The van der Waals surface area contributed by atoms with Crippen LogP contribution in [0.1, 0.15) is 42.0 Å². The third kappa shape index (κ3) is 3.77. The van der Waals surface area contributed by atoms with Gasteiger partial charge in [-0.25, -0.2) is 4.90 Å². The number of carbonyl (C=O) groups is 2. The highest BCUT2D eigenvalue weighted by Gasteiger charge is 2.40. The molecule has 1 aliphatic heterocycles. The van der Waals surface area contributed by atoms with Gasteiger partial charge in [0.2, 0.25) is 0 Å². The summed E-state index contributed by atoms with van der Waals surface area (Å²) in [4.78, 5) is 28.3. The highest BCUT2D eigenvalue weighted by molar-refractivity contribution is 6.46. The van der Waals surface area contributed by atoms with E-state index < -0.39 is 0 Å². The van der Waals surface area contributed by atoms with Crippen molar-refractivity contribution in [1.82, 2.24) is 0 Å². The van der Waals surface area contributed by atoms with Crippen LogP contribution < -0.4 is 10.2 Å².